The Balaban J connectivity index is 0. The zero-order chi connectivity index (χ0) is 12.4. The summed E-state index contributed by atoms with van der Waals surface area (Å²) >= 11 is 0. The third kappa shape index (κ3) is 13.1. The molecule has 3 N–H and O–H groups in total. The number of hydrogen-bond donors (Lipinski definition) is 3. The highest BCUT2D eigenvalue weighted by molar-refractivity contribution is 5.84. The molecule has 0 bridgehead atoms. The van der Waals surface area contributed by atoms with E-state index < -0.39 is 18.5 Å². The maximum atomic E-state index is 9.60. The number of hydrogen-bond acceptors (Lipinski definition) is 4. The Bertz CT molecular complexity index is 170. The van der Waals surface area contributed by atoms with E-state index in [-0.39, 0.29) is 5.57 Å². The average molecular weight is 220 g/mol. The summed E-state index contributed by atoms with van der Waals surface area (Å²) in [7, 11) is 0. The van der Waals surface area contributed by atoms with E-state index in [4.69, 9.17) is 15.3 Å². The van der Waals surface area contributed by atoms with Crippen LogP contribution in [0.1, 0.15) is 33.6 Å². The lowest BCUT2D eigenvalue weighted by molar-refractivity contribution is -0.208. The van der Waals surface area contributed by atoms with Crippen molar-refractivity contribution in [1.29, 1.82) is 0 Å². The van der Waals surface area contributed by atoms with Gasteiger partial charge in [0.15, 0.2) is 12.6 Å². The number of aliphatic carboxylic acids is 1. The van der Waals surface area contributed by atoms with Crippen molar-refractivity contribution in [2.24, 2.45) is 0 Å². The molecule has 2 atom stereocenters. The number of aliphatic hydroxyl groups is 2. The fourth-order valence-corrected chi connectivity index (χ4v) is 0.374. The van der Waals surface area contributed by atoms with Gasteiger partial charge in [-0.25, -0.2) is 4.79 Å². The van der Waals surface area contributed by atoms with Gasteiger partial charge in [-0.3, -0.25) is 0 Å². The largest absolute Gasteiger partial charge is 0.478 e. The molecule has 5 nitrogen and oxygen atoms in total. The molecule has 2 unspecified atom stereocenters. The second kappa shape index (κ2) is 9.64. The van der Waals surface area contributed by atoms with Gasteiger partial charge >= 0.3 is 5.97 Å². The number of ether oxygens (including phenoxy) is 1. The molecule has 0 saturated carbocycles. The number of rotatable bonds is 5. The van der Waals surface area contributed by atoms with Crippen LogP contribution in [0.15, 0.2) is 12.2 Å². The predicted octanol–water partition coefficient (Wildman–Crippen LogP) is 1.11. The zero-order valence-electron chi connectivity index (χ0n) is 9.43. The monoisotopic (exact) mass is 220 g/mol. The molecule has 0 aliphatic heterocycles. The number of carboxylic acids is 1. The van der Waals surface area contributed by atoms with E-state index in [0.717, 1.165) is 0 Å². The highest BCUT2D eigenvalue weighted by Gasteiger charge is 2.05. The minimum atomic E-state index is -0.935. The van der Waals surface area contributed by atoms with Crippen LogP contribution in [0.25, 0.3) is 0 Å². The summed E-state index contributed by atoms with van der Waals surface area (Å²) in [6.07, 6.45) is -0.617. The molecule has 0 rings (SSSR count). The van der Waals surface area contributed by atoms with Crippen LogP contribution in [0.2, 0.25) is 0 Å². The van der Waals surface area contributed by atoms with Crippen molar-refractivity contribution in [2.75, 3.05) is 0 Å². The first-order valence-electron chi connectivity index (χ1n) is 4.75. The summed E-state index contributed by atoms with van der Waals surface area (Å²) in [5.41, 5.74) is 0.176. The molecule has 15 heavy (non-hydrogen) atoms. The maximum absolute atomic E-state index is 9.60. The SMILES string of the molecule is C=C(C)C(=O)O.CCC(O)OC(O)CC. The van der Waals surface area contributed by atoms with Crippen LogP contribution >= 0.6 is 0 Å². The van der Waals surface area contributed by atoms with E-state index in [1.165, 1.54) is 6.92 Å². The van der Waals surface area contributed by atoms with Crippen molar-refractivity contribution in [2.45, 2.75) is 46.2 Å². The molecule has 0 amide bonds. The van der Waals surface area contributed by atoms with Crippen molar-refractivity contribution in [1.82, 2.24) is 0 Å². The molecule has 0 aliphatic rings. The van der Waals surface area contributed by atoms with E-state index >= 15 is 0 Å². The second-order valence-corrected chi connectivity index (χ2v) is 2.95. The van der Waals surface area contributed by atoms with Gasteiger partial charge in [-0.1, -0.05) is 20.4 Å². The smallest absolute Gasteiger partial charge is 0.330 e. The van der Waals surface area contributed by atoms with Gasteiger partial charge in [-0.2, -0.15) is 0 Å². The first-order valence-corrected chi connectivity index (χ1v) is 4.75. The van der Waals surface area contributed by atoms with Crippen molar-refractivity contribution < 1.29 is 24.9 Å². The van der Waals surface area contributed by atoms with E-state index in [0.29, 0.717) is 12.8 Å². The Morgan fingerprint density at radius 1 is 1.27 bits per heavy atom. The van der Waals surface area contributed by atoms with Crippen LogP contribution in [-0.4, -0.2) is 33.9 Å². The maximum Gasteiger partial charge on any atom is 0.330 e. The van der Waals surface area contributed by atoms with E-state index in [1.807, 2.05) is 0 Å². The highest BCUT2D eigenvalue weighted by atomic mass is 16.7. The van der Waals surface area contributed by atoms with Crippen LogP contribution in [0.4, 0.5) is 0 Å². The third-order valence-corrected chi connectivity index (χ3v) is 1.38. The van der Waals surface area contributed by atoms with Gasteiger partial charge in [-0.05, 0) is 19.8 Å². The number of carboxylic acid groups (broad SMARTS) is 1. The van der Waals surface area contributed by atoms with Crippen molar-refractivity contribution >= 4 is 5.97 Å². The minimum absolute atomic E-state index is 0.176. The van der Waals surface area contributed by atoms with Crippen LogP contribution in [-0.2, 0) is 9.53 Å². The fourth-order valence-electron chi connectivity index (χ4n) is 0.374. The number of carbonyl (C=O) groups is 1. The molecule has 0 fully saturated rings. The minimum Gasteiger partial charge on any atom is -0.478 e. The van der Waals surface area contributed by atoms with E-state index in [2.05, 4.69) is 11.3 Å². The van der Waals surface area contributed by atoms with E-state index in [1.54, 1.807) is 13.8 Å². The van der Waals surface area contributed by atoms with Crippen molar-refractivity contribution in [3.8, 4) is 0 Å². The highest BCUT2D eigenvalue weighted by Crippen LogP contribution is 1.99. The molecule has 0 saturated heterocycles. The zero-order valence-corrected chi connectivity index (χ0v) is 9.43. The molecular weight excluding hydrogens is 200 g/mol. The van der Waals surface area contributed by atoms with Crippen LogP contribution in [0, 0.1) is 0 Å². The van der Waals surface area contributed by atoms with E-state index in [9.17, 15) is 4.79 Å². The summed E-state index contributed by atoms with van der Waals surface area (Å²) in [6.45, 7) is 8.17. The topological polar surface area (TPSA) is 87.0 Å². The molecule has 0 aromatic heterocycles. The van der Waals surface area contributed by atoms with Crippen LogP contribution in [0.5, 0.6) is 0 Å². The summed E-state index contributed by atoms with van der Waals surface area (Å²) in [4.78, 5) is 9.60. The lowest BCUT2D eigenvalue weighted by atomic mass is 10.4. The Morgan fingerprint density at radius 2 is 1.53 bits per heavy atom. The molecule has 5 heteroatoms. The van der Waals surface area contributed by atoms with Crippen LogP contribution in [0.3, 0.4) is 0 Å². The Kier molecular flexibility index (Phi) is 10.6. The normalized spacial score (nSPS) is 13.4. The Labute approximate surface area is 90.0 Å². The molecule has 0 aromatic rings. The van der Waals surface area contributed by atoms with Gasteiger partial charge in [0, 0.05) is 5.57 Å². The molecule has 90 valence electrons. The van der Waals surface area contributed by atoms with Crippen LogP contribution < -0.4 is 0 Å². The third-order valence-electron chi connectivity index (χ3n) is 1.38. The first kappa shape index (κ1) is 16.5. The summed E-state index contributed by atoms with van der Waals surface area (Å²) < 4.78 is 4.66. The molecule has 0 aliphatic carbocycles. The van der Waals surface area contributed by atoms with Gasteiger partial charge < -0.3 is 20.1 Å². The standard InChI is InChI=1S/C6H14O3.C4H6O2/c1-3-5(7)9-6(8)4-2;1-3(2)4(5)6/h5-8H,3-4H2,1-2H3;1H2,2H3,(H,5,6). The van der Waals surface area contributed by atoms with Gasteiger partial charge in [0.2, 0.25) is 0 Å². The lowest BCUT2D eigenvalue weighted by Crippen LogP contribution is -2.19. The Hall–Kier alpha value is -0.910. The molecule has 0 radical (unpaired) electrons. The fraction of sp³-hybridized carbons (Fsp3) is 0.700. The van der Waals surface area contributed by atoms with Gasteiger partial charge in [-0.15, -0.1) is 0 Å². The molecule has 0 spiro atoms. The molecule has 0 heterocycles. The molecule has 0 aromatic carbocycles. The average Bonchev–Trinajstić information content (AvgIpc) is 2.18. The van der Waals surface area contributed by atoms with Gasteiger partial charge in [0.25, 0.3) is 0 Å². The summed E-state index contributed by atoms with van der Waals surface area (Å²) in [5.74, 6) is -0.935. The Morgan fingerprint density at radius 3 is 1.67 bits per heavy atom. The first-order chi connectivity index (χ1) is 6.84. The predicted molar refractivity (Wildman–Crippen MR) is 56.1 cm³/mol. The lowest BCUT2D eigenvalue weighted by Gasteiger charge is -2.13. The van der Waals surface area contributed by atoms with Gasteiger partial charge in [0.05, 0.1) is 0 Å². The molecular formula is C10H20O5. The van der Waals surface area contributed by atoms with Gasteiger partial charge in [0.1, 0.15) is 0 Å². The quantitative estimate of drug-likeness (QED) is 0.477. The number of aliphatic hydroxyl groups excluding tert-OH is 2. The van der Waals surface area contributed by atoms with Crippen molar-refractivity contribution in [3.63, 3.8) is 0 Å². The summed E-state index contributed by atoms with van der Waals surface area (Å²) in [6, 6.07) is 0. The second-order valence-electron chi connectivity index (χ2n) is 2.95. The summed E-state index contributed by atoms with van der Waals surface area (Å²) in [5, 5.41) is 25.4. The van der Waals surface area contributed by atoms with Crippen molar-refractivity contribution in [3.05, 3.63) is 12.2 Å².